The van der Waals surface area contributed by atoms with E-state index >= 15 is 0 Å². The largest absolute Gasteiger partial charge is 0.494 e. The molecule has 0 atom stereocenters. The molecule has 0 bridgehead atoms. The average molecular weight is 243 g/mol. The van der Waals surface area contributed by atoms with E-state index in [1.807, 2.05) is 25.1 Å². The van der Waals surface area contributed by atoms with Crippen LogP contribution < -0.4 is 4.74 Å². The number of alkyl halides is 1. The summed E-state index contributed by atoms with van der Waals surface area (Å²) in [5.41, 5.74) is 1.92. The van der Waals surface area contributed by atoms with Crippen LogP contribution in [-0.2, 0) is 0 Å². The summed E-state index contributed by atoms with van der Waals surface area (Å²) in [5.74, 6) is 0.857. The number of H-pyrrole nitrogens is 1. The minimum absolute atomic E-state index is 0.498. The zero-order valence-electron chi connectivity index (χ0n) is 8.29. The molecule has 2 aromatic rings. The Morgan fingerprint density at radius 1 is 1.53 bits per heavy atom. The van der Waals surface area contributed by atoms with Gasteiger partial charge in [-0.25, -0.2) is 4.98 Å². The molecule has 0 aliphatic heterocycles. The molecule has 0 amide bonds. The summed E-state index contributed by atoms with van der Waals surface area (Å²) >= 11 is 7.10. The van der Waals surface area contributed by atoms with E-state index in [9.17, 15) is 0 Å². The molecular weight excluding hydrogens is 232 g/mol. The van der Waals surface area contributed by atoms with Gasteiger partial charge in [0.15, 0.2) is 5.16 Å². The molecular formula is C10H11ClN2OS. The van der Waals surface area contributed by atoms with Gasteiger partial charge in [-0.05, 0) is 19.1 Å². The van der Waals surface area contributed by atoms with Crippen LogP contribution in [0.4, 0.5) is 0 Å². The van der Waals surface area contributed by atoms with E-state index in [1.54, 1.807) is 0 Å². The van der Waals surface area contributed by atoms with Crippen molar-refractivity contribution in [2.75, 3.05) is 11.8 Å². The summed E-state index contributed by atoms with van der Waals surface area (Å²) < 4.78 is 5.40. The zero-order valence-corrected chi connectivity index (χ0v) is 9.86. The second-order valence-electron chi connectivity index (χ2n) is 2.91. The van der Waals surface area contributed by atoms with E-state index in [2.05, 4.69) is 9.97 Å². The Morgan fingerprint density at radius 3 is 3.13 bits per heavy atom. The molecule has 1 aromatic carbocycles. The van der Waals surface area contributed by atoms with Crippen LogP contribution in [0.1, 0.15) is 6.92 Å². The first-order valence-corrected chi connectivity index (χ1v) is 6.17. The monoisotopic (exact) mass is 242 g/mol. The quantitative estimate of drug-likeness (QED) is 0.661. The maximum absolute atomic E-state index is 5.62. The average Bonchev–Trinajstić information content (AvgIpc) is 2.60. The highest BCUT2D eigenvalue weighted by molar-refractivity contribution is 8.00. The highest BCUT2D eigenvalue weighted by atomic mass is 35.5. The van der Waals surface area contributed by atoms with Gasteiger partial charge in [-0.1, -0.05) is 11.8 Å². The number of hydrogen-bond acceptors (Lipinski definition) is 3. The predicted molar refractivity (Wildman–Crippen MR) is 63.8 cm³/mol. The number of halogens is 1. The van der Waals surface area contributed by atoms with Crippen LogP contribution >= 0.6 is 23.4 Å². The first kappa shape index (κ1) is 10.6. The number of rotatable bonds is 4. The molecule has 0 saturated heterocycles. The number of imidazole rings is 1. The van der Waals surface area contributed by atoms with Crippen LogP contribution in [0.25, 0.3) is 11.0 Å². The lowest BCUT2D eigenvalue weighted by atomic mass is 10.3. The van der Waals surface area contributed by atoms with Crippen LogP contribution in [0.2, 0.25) is 0 Å². The molecule has 0 fully saturated rings. The number of nitrogens with one attached hydrogen (secondary N) is 1. The van der Waals surface area contributed by atoms with Gasteiger partial charge in [-0.15, -0.1) is 11.6 Å². The van der Waals surface area contributed by atoms with Crippen molar-refractivity contribution in [2.24, 2.45) is 0 Å². The van der Waals surface area contributed by atoms with Crippen molar-refractivity contribution in [1.29, 1.82) is 0 Å². The second-order valence-corrected chi connectivity index (χ2v) is 4.46. The van der Waals surface area contributed by atoms with Crippen LogP contribution in [0.5, 0.6) is 5.75 Å². The van der Waals surface area contributed by atoms with E-state index in [0.717, 1.165) is 21.9 Å². The molecule has 5 heteroatoms. The number of fused-ring (bicyclic) bond motifs is 1. The predicted octanol–water partition coefficient (Wildman–Crippen LogP) is 3.25. The number of aromatic amines is 1. The minimum Gasteiger partial charge on any atom is -0.494 e. The fourth-order valence-electron chi connectivity index (χ4n) is 1.34. The van der Waals surface area contributed by atoms with Gasteiger partial charge in [0.25, 0.3) is 0 Å². The lowest BCUT2D eigenvalue weighted by Gasteiger charge is -2.00. The fourth-order valence-corrected chi connectivity index (χ4v) is 2.10. The molecule has 3 nitrogen and oxygen atoms in total. The summed E-state index contributed by atoms with van der Waals surface area (Å²) in [7, 11) is 0. The number of nitrogens with zero attached hydrogens (tertiary/aromatic N) is 1. The Hall–Kier alpha value is -0.870. The molecule has 0 spiro atoms. The standard InChI is InChI=1S/C10H11ClN2OS/c1-2-14-7-3-4-8-9(5-7)13-10(12-8)15-6-11/h3-5H,2,6H2,1H3,(H,12,13). The van der Waals surface area contributed by atoms with Crippen molar-refractivity contribution in [1.82, 2.24) is 9.97 Å². The van der Waals surface area contributed by atoms with Gasteiger partial charge in [0.05, 0.1) is 22.9 Å². The Bertz CT molecular complexity index is 454. The van der Waals surface area contributed by atoms with E-state index in [4.69, 9.17) is 16.3 Å². The van der Waals surface area contributed by atoms with Crippen molar-refractivity contribution in [3.05, 3.63) is 18.2 Å². The van der Waals surface area contributed by atoms with Gasteiger partial charge in [-0.2, -0.15) is 0 Å². The molecule has 0 aliphatic rings. The van der Waals surface area contributed by atoms with Crippen LogP contribution in [0.15, 0.2) is 23.4 Å². The summed E-state index contributed by atoms with van der Waals surface area (Å²) in [5, 5.41) is 1.34. The smallest absolute Gasteiger partial charge is 0.167 e. The topological polar surface area (TPSA) is 37.9 Å². The second kappa shape index (κ2) is 4.77. The first-order chi connectivity index (χ1) is 7.33. The summed E-state index contributed by atoms with van der Waals surface area (Å²) in [6.07, 6.45) is 0. The Morgan fingerprint density at radius 2 is 2.40 bits per heavy atom. The third kappa shape index (κ3) is 2.38. The number of benzene rings is 1. The molecule has 0 unspecified atom stereocenters. The Labute approximate surface area is 97.2 Å². The Balaban J connectivity index is 2.34. The van der Waals surface area contributed by atoms with Crippen molar-refractivity contribution in [3.63, 3.8) is 0 Å². The lowest BCUT2D eigenvalue weighted by Crippen LogP contribution is -1.90. The molecule has 1 heterocycles. The summed E-state index contributed by atoms with van der Waals surface area (Å²) in [6.45, 7) is 2.63. The van der Waals surface area contributed by atoms with Crippen molar-refractivity contribution < 1.29 is 4.74 Å². The zero-order chi connectivity index (χ0) is 10.7. The normalized spacial score (nSPS) is 10.8. The molecule has 0 saturated carbocycles. The van der Waals surface area contributed by atoms with E-state index in [-0.39, 0.29) is 0 Å². The van der Waals surface area contributed by atoms with Gasteiger partial charge in [-0.3, -0.25) is 0 Å². The molecule has 0 radical (unpaired) electrons. The maximum atomic E-state index is 5.62. The minimum atomic E-state index is 0.498. The maximum Gasteiger partial charge on any atom is 0.167 e. The Kier molecular flexibility index (Phi) is 3.38. The van der Waals surface area contributed by atoms with Crippen molar-refractivity contribution in [3.8, 4) is 5.75 Å². The van der Waals surface area contributed by atoms with Crippen LogP contribution in [0, 0.1) is 0 Å². The van der Waals surface area contributed by atoms with Gasteiger partial charge in [0.2, 0.25) is 0 Å². The highest BCUT2D eigenvalue weighted by Gasteiger charge is 2.03. The van der Waals surface area contributed by atoms with Gasteiger partial charge >= 0.3 is 0 Å². The molecule has 15 heavy (non-hydrogen) atoms. The van der Waals surface area contributed by atoms with E-state index in [0.29, 0.717) is 11.8 Å². The van der Waals surface area contributed by atoms with Gasteiger partial charge < -0.3 is 9.72 Å². The number of hydrogen-bond donors (Lipinski definition) is 1. The molecule has 80 valence electrons. The number of thioether (sulfide) groups is 1. The molecule has 0 aliphatic carbocycles. The van der Waals surface area contributed by atoms with Gasteiger partial charge in [0.1, 0.15) is 5.75 Å². The molecule has 1 N–H and O–H groups in total. The highest BCUT2D eigenvalue weighted by Crippen LogP contribution is 2.23. The molecule has 1 aromatic heterocycles. The SMILES string of the molecule is CCOc1ccc2nc(SCCl)[nH]c2c1. The van der Waals surface area contributed by atoms with Gasteiger partial charge in [0, 0.05) is 6.07 Å². The van der Waals surface area contributed by atoms with Crippen LogP contribution in [-0.4, -0.2) is 21.8 Å². The third-order valence-corrected chi connectivity index (χ3v) is 2.84. The van der Waals surface area contributed by atoms with E-state index < -0.39 is 0 Å². The summed E-state index contributed by atoms with van der Waals surface area (Å²) in [6, 6.07) is 5.81. The first-order valence-electron chi connectivity index (χ1n) is 4.65. The third-order valence-electron chi connectivity index (χ3n) is 1.93. The van der Waals surface area contributed by atoms with Crippen molar-refractivity contribution >= 4 is 34.4 Å². The fraction of sp³-hybridized carbons (Fsp3) is 0.300. The lowest BCUT2D eigenvalue weighted by molar-refractivity contribution is 0.340. The van der Waals surface area contributed by atoms with E-state index in [1.165, 1.54) is 11.8 Å². The number of aromatic nitrogens is 2. The summed E-state index contributed by atoms with van der Waals surface area (Å²) in [4.78, 5) is 7.55. The molecule has 2 rings (SSSR count). The number of ether oxygens (including phenoxy) is 1. The van der Waals surface area contributed by atoms with Crippen LogP contribution in [0.3, 0.4) is 0 Å². The van der Waals surface area contributed by atoms with Crippen molar-refractivity contribution in [2.45, 2.75) is 12.1 Å².